The fourth-order valence-electron chi connectivity index (χ4n) is 2.67. The Kier molecular flexibility index (Phi) is 6.94. The van der Waals surface area contributed by atoms with E-state index in [2.05, 4.69) is 17.2 Å². The second kappa shape index (κ2) is 9.02. The summed E-state index contributed by atoms with van der Waals surface area (Å²) >= 11 is 0. The summed E-state index contributed by atoms with van der Waals surface area (Å²) in [5.74, 6) is -0.857. The van der Waals surface area contributed by atoms with Crippen LogP contribution in [-0.4, -0.2) is 45.2 Å². The zero-order valence-corrected chi connectivity index (χ0v) is 17.8. The summed E-state index contributed by atoms with van der Waals surface area (Å²) in [4.78, 5) is 25.2. The van der Waals surface area contributed by atoms with Crippen molar-refractivity contribution < 1.29 is 18.0 Å². The van der Waals surface area contributed by atoms with Gasteiger partial charge >= 0.3 is 0 Å². The smallest absolute Gasteiger partial charge is 0.255 e. The Morgan fingerprint density at radius 3 is 2.38 bits per heavy atom. The molecule has 2 aromatic carbocycles. The molecule has 2 rings (SSSR count). The van der Waals surface area contributed by atoms with E-state index < -0.39 is 15.9 Å². The summed E-state index contributed by atoms with van der Waals surface area (Å²) < 4.78 is 26.3. The maximum absolute atomic E-state index is 12.8. The summed E-state index contributed by atoms with van der Waals surface area (Å²) in [5, 5.41) is 5.37. The first kappa shape index (κ1) is 22.3. The Hall–Kier alpha value is -2.97. The zero-order chi connectivity index (χ0) is 21.8. The van der Waals surface area contributed by atoms with E-state index in [1.54, 1.807) is 50.3 Å². The number of para-hydroxylation sites is 1. The van der Waals surface area contributed by atoms with Crippen LogP contribution in [0.25, 0.3) is 0 Å². The maximum atomic E-state index is 12.8. The molecule has 0 unspecified atom stereocenters. The SMILES string of the molecule is C=CCNC(=O)c1ccccc1NC(=O)c1cc(C)c(C)c(S(=O)(=O)N(C)C)c1. The first-order valence-corrected chi connectivity index (χ1v) is 10.4. The summed E-state index contributed by atoms with van der Waals surface area (Å²) in [6.07, 6.45) is 1.56. The van der Waals surface area contributed by atoms with Crippen molar-refractivity contribution in [3.05, 3.63) is 71.3 Å². The van der Waals surface area contributed by atoms with Crippen LogP contribution in [0.4, 0.5) is 5.69 Å². The van der Waals surface area contributed by atoms with Gasteiger partial charge in [0, 0.05) is 26.2 Å². The highest BCUT2D eigenvalue weighted by Crippen LogP contribution is 2.24. The van der Waals surface area contributed by atoms with Crippen LogP contribution in [0.1, 0.15) is 31.8 Å². The molecule has 0 bridgehead atoms. The summed E-state index contributed by atoms with van der Waals surface area (Å²) in [7, 11) is -0.832. The van der Waals surface area contributed by atoms with Crippen molar-refractivity contribution in [1.82, 2.24) is 9.62 Å². The molecular weight excluding hydrogens is 390 g/mol. The number of anilines is 1. The highest BCUT2D eigenvalue weighted by atomic mass is 32.2. The van der Waals surface area contributed by atoms with Crippen LogP contribution in [0.2, 0.25) is 0 Å². The van der Waals surface area contributed by atoms with Gasteiger partial charge in [0.1, 0.15) is 0 Å². The quantitative estimate of drug-likeness (QED) is 0.680. The van der Waals surface area contributed by atoms with Crippen molar-refractivity contribution in [3.63, 3.8) is 0 Å². The molecule has 8 heteroatoms. The van der Waals surface area contributed by atoms with E-state index in [-0.39, 0.29) is 16.4 Å². The van der Waals surface area contributed by atoms with Gasteiger partial charge in [-0.3, -0.25) is 9.59 Å². The van der Waals surface area contributed by atoms with Gasteiger partial charge in [0.25, 0.3) is 11.8 Å². The zero-order valence-electron chi connectivity index (χ0n) is 16.9. The fourth-order valence-corrected chi connectivity index (χ4v) is 3.88. The van der Waals surface area contributed by atoms with Gasteiger partial charge < -0.3 is 10.6 Å². The molecule has 0 aliphatic heterocycles. The Labute approximate surface area is 171 Å². The van der Waals surface area contributed by atoms with Gasteiger partial charge in [0.05, 0.1) is 16.1 Å². The molecule has 0 aromatic heterocycles. The van der Waals surface area contributed by atoms with Crippen molar-refractivity contribution in [1.29, 1.82) is 0 Å². The lowest BCUT2D eigenvalue weighted by Crippen LogP contribution is -2.26. The first-order chi connectivity index (χ1) is 13.6. The molecule has 2 aromatic rings. The third kappa shape index (κ3) is 4.90. The van der Waals surface area contributed by atoms with E-state index >= 15 is 0 Å². The number of carbonyl (C=O) groups is 2. The lowest BCUT2D eigenvalue weighted by molar-refractivity contribution is 0.0959. The number of nitrogens with zero attached hydrogens (tertiary/aromatic N) is 1. The minimum atomic E-state index is -3.71. The van der Waals surface area contributed by atoms with Crippen LogP contribution < -0.4 is 10.6 Å². The number of nitrogens with one attached hydrogen (secondary N) is 2. The van der Waals surface area contributed by atoms with Crippen molar-refractivity contribution in [2.24, 2.45) is 0 Å². The molecule has 0 atom stereocenters. The Morgan fingerprint density at radius 2 is 1.76 bits per heavy atom. The molecule has 0 aliphatic rings. The molecule has 154 valence electrons. The molecule has 0 fully saturated rings. The van der Waals surface area contributed by atoms with Gasteiger partial charge in [-0.25, -0.2) is 12.7 Å². The predicted molar refractivity (Wildman–Crippen MR) is 114 cm³/mol. The van der Waals surface area contributed by atoms with Gasteiger partial charge in [-0.2, -0.15) is 0 Å². The number of benzene rings is 2. The number of amides is 2. The second-order valence-electron chi connectivity index (χ2n) is 6.70. The van der Waals surface area contributed by atoms with E-state index in [1.165, 1.54) is 20.2 Å². The molecule has 29 heavy (non-hydrogen) atoms. The maximum Gasteiger partial charge on any atom is 0.255 e. The largest absolute Gasteiger partial charge is 0.349 e. The third-order valence-corrected chi connectivity index (χ3v) is 6.41. The molecule has 2 N–H and O–H groups in total. The van der Waals surface area contributed by atoms with Gasteiger partial charge in [-0.15, -0.1) is 6.58 Å². The molecule has 0 radical (unpaired) electrons. The Morgan fingerprint density at radius 1 is 1.10 bits per heavy atom. The molecule has 0 heterocycles. The highest BCUT2D eigenvalue weighted by molar-refractivity contribution is 7.89. The summed E-state index contributed by atoms with van der Waals surface area (Å²) in [5.41, 5.74) is 2.08. The van der Waals surface area contributed by atoms with Crippen LogP contribution in [-0.2, 0) is 10.0 Å². The van der Waals surface area contributed by atoms with E-state index in [0.29, 0.717) is 28.9 Å². The fraction of sp³-hybridized carbons (Fsp3) is 0.238. The van der Waals surface area contributed by atoms with Gasteiger partial charge in [0.15, 0.2) is 0 Å². The number of carbonyl (C=O) groups excluding carboxylic acids is 2. The molecule has 0 saturated heterocycles. The Balaban J connectivity index is 2.42. The van der Waals surface area contributed by atoms with Crippen molar-refractivity contribution in [3.8, 4) is 0 Å². The molecule has 2 amide bonds. The van der Waals surface area contributed by atoms with Crippen LogP contribution >= 0.6 is 0 Å². The van der Waals surface area contributed by atoms with E-state index in [0.717, 1.165) is 4.31 Å². The van der Waals surface area contributed by atoms with Gasteiger partial charge in [0.2, 0.25) is 10.0 Å². The molecule has 7 nitrogen and oxygen atoms in total. The number of hydrogen-bond acceptors (Lipinski definition) is 4. The molecular formula is C21H25N3O4S. The van der Waals surface area contributed by atoms with E-state index in [1.807, 2.05) is 0 Å². The van der Waals surface area contributed by atoms with E-state index in [4.69, 9.17) is 0 Å². The van der Waals surface area contributed by atoms with Gasteiger partial charge in [-0.1, -0.05) is 18.2 Å². The number of hydrogen-bond donors (Lipinski definition) is 2. The molecule has 0 spiro atoms. The monoisotopic (exact) mass is 415 g/mol. The van der Waals surface area contributed by atoms with Crippen molar-refractivity contribution in [2.45, 2.75) is 18.7 Å². The average molecular weight is 416 g/mol. The van der Waals surface area contributed by atoms with Crippen molar-refractivity contribution >= 4 is 27.5 Å². The first-order valence-electron chi connectivity index (χ1n) is 8.92. The summed E-state index contributed by atoms with van der Waals surface area (Å²) in [6.45, 7) is 7.30. The van der Waals surface area contributed by atoms with Crippen LogP contribution in [0.5, 0.6) is 0 Å². The van der Waals surface area contributed by atoms with Crippen LogP contribution in [0.15, 0.2) is 53.9 Å². The topological polar surface area (TPSA) is 95.6 Å². The molecule has 0 saturated carbocycles. The number of sulfonamides is 1. The minimum absolute atomic E-state index is 0.0738. The normalized spacial score (nSPS) is 11.2. The standard InChI is InChI=1S/C21H25N3O4S/c1-6-11-22-21(26)17-9-7-8-10-18(17)23-20(25)16-12-14(2)15(3)19(13-16)29(27,28)24(4)5/h6-10,12-13H,1,11H2,2-5H3,(H,22,26)(H,23,25). The van der Waals surface area contributed by atoms with E-state index in [9.17, 15) is 18.0 Å². The van der Waals surface area contributed by atoms with Crippen LogP contribution in [0, 0.1) is 13.8 Å². The number of aryl methyl sites for hydroxylation is 1. The third-order valence-electron chi connectivity index (χ3n) is 4.47. The average Bonchev–Trinajstić information content (AvgIpc) is 2.68. The summed E-state index contributed by atoms with van der Waals surface area (Å²) in [6, 6.07) is 9.57. The highest BCUT2D eigenvalue weighted by Gasteiger charge is 2.23. The molecule has 0 aliphatic carbocycles. The minimum Gasteiger partial charge on any atom is -0.349 e. The Bertz CT molecular complexity index is 1060. The number of rotatable bonds is 7. The van der Waals surface area contributed by atoms with Crippen LogP contribution in [0.3, 0.4) is 0 Å². The van der Waals surface area contributed by atoms with Crippen molar-refractivity contribution in [2.75, 3.05) is 26.0 Å². The lowest BCUT2D eigenvalue weighted by atomic mass is 10.1. The predicted octanol–water partition coefficient (Wildman–Crippen LogP) is 2.72. The lowest BCUT2D eigenvalue weighted by Gasteiger charge is -2.17. The van der Waals surface area contributed by atoms with Gasteiger partial charge in [-0.05, 0) is 49.2 Å². The second-order valence-corrected chi connectivity index (χ2v) is 8.82.